The van der Waals surface area contributed by atoms with E-state index in [1.807, 2.05) is 0 Å². The van der Waals surface area contributed by atoms with Crippen molar-refractivity contribution in [3.05, 3.63) is 29.3 Å². The number of ether oxygens (including phenoxy) is 1. The predicted molar refractivity (Wildman–Crippen MR) is 39.6 cm³/mol. The molecule has 1 rings (SSSR count). The SMILES string of the molecule is CC(=O)OCc1cc(F)nc(F)c1F. The second kappa shape index (κ2) is 4.08. The normalized spacial score (nSPS) is 10.0. The van der Waals surface area contributed by atoms with E-state index in [2.05, 4.69) is 9.72 Å². The molecule has 0 saturated carbocycles. The molecule has 0 radical (unpaired) electrons. The Bertz CT molecular complexity index is 368. The third-order valence-electron chi connectivity index (χ3n) is 1.39. The number of carbonyl (C=O) groups is 1. The van der Waals surface area contributed by atoms with Gasteiger partial charge in [-0.3, -0.25) is 4.79 Å². The monoisotopic (exact) mass is 205 g/mol. The van der Waals surface area contributed by atoms with Gasteiger partial charge in [-0.1, -0.05) is 0 Å². The number of esters is 1. The Morgan fingerprint density at radius 1 is 1.50 bits per heavy atom. The third-order valence-corrected chi connectivity index (χ3v) is 1.39. The standard InChI is InChI=1S/C8H6F3NO2/c1-4(13)14-3-5-2-6(9)12-8(11)7(5)10/h2H,3H2,1H3. The summed E-state index contributed by atoms with van der Waals surface area (Å²) in [6.45, 7) is 0.587. The number of hydrogen-bond acceptors (Lipinski definition) is 3. The zero-order valence-electron chi connectivity index (χ0n) is 7.18. The molecule has 0 aromatic carbocycles. The highest BCUT2D eigenvalue weighted by atomic mass is 19.2. The van der Waals surface area contributed by atoms with Gasteiger partial charge in [0.05, 0.1) is 0 Å². The molecule has 1 aromatic heterocycles. The number of pyridine rings is 1. The second-order valence-corrected chi connectivity index (χ2v) is 2.49. The van der Waals surface area contributed by atoms with E-state index in [1.165, 1.54) is 0 Å². The number of aromatic nitrogens is 1. The second-order valence-electron chi connectivity index (χ2n) is 2.49. The Labute approximate surface area is 77.5 Å². The third kappa shape index (κ3) is 2.45. The van der Waals surface area contributed by atoms with Gasteiger partial charge in [-0.25, -0.2) is 4.39 Å². The van der Waals surface area contributed by atoms with Gasteiger partial charge in [0, 0.05) is 18.6 Å². The van der Waals surface area contributed by atoms with Crippen LogP contribution in [0.4, 0.5) is 13.2 Å². The number of nitrogens with zero attached hydrogens (tertiary/aromatic N) is 1. The fourth-order valence-electron chi connectivity index (χ4n) is 0.799. The molecule has 0 aliphatic heterocycles. The van der Waals surface area contributed by atoms with Crippen LogP contribution in [0.25, 0.3) is 0 Å². The van der Waals surface area contributed by atoms with Crippen molar-refractivity contribution >= 4 is 5.97 Å². The van der Waals surface area contributed by atoms with Gasteiger partial charge < -0.3 is 4.74 Å². The average Bonchev–Trinajstić information content (AvgIpc) is 2.08. The Morgan fingerprint density at radius 3 is 2.71 bits per heavy atom. The van der Waals surface area contributed by atoms with Crippen molar-refractivity contribution in [3.8, 4) is 0 Å². The Balaban J connectivity index is 2.90. The van der Waals surface area contributed by atoms with E-state index >= 15 is 0 Å². The molecule has 0 unspecified atom stereocenters. The molecule has 0 saturated heterocycles. The molecule has 0 bridgehead atoms. The number of hydrogen-bond donors (Lipinski definition) is 0. The number of halogens is 3. The lowest BCUT2D eigenvalue weighted by Crippen LogP contribution is -2.05. The summed E-state index contributed by atoms with van der Waals surface area (Å²) in [5.41, 5.74) is -0.384. The smallest absolute Gasteiger partial charge is 0.302 e. The molecule has 0 atom stereocenters. The first kappa shape index (κ1) is 10.5. The molecule has 0 spiro atoms. The van der Waals surface area contributed by atoms with Crippen LogP contribution >= 0.6 is 0 Å². The summed E-state index contributed by atoms with van der Waals surface area (Å²) in [5.74, 6) is -4.69. The molecule has 6 heteroatoms. The van der Waals surface area contributed by atoms with Gasteiger partial charge in [-0.15, -0.1) is 0 Å². The molecule has 0 aliphatic carbocycles. The van der Waals surface area contributed by atoms with E-state index < -0.39 is 30.3 Å². The van der Waals surface area contributed by atoms with E-state index in [0.29, 0.717) is 6.07 Å². The molecule has 0 aliphatic rings. The predicted octanol–water partition coefficient (Wildman–Crippen LogP) is 1.56. The van der Waals surface area contributed by atoms with Crippen molar-refractivity contribution in [1.29, 1.82) is 0 Å². The van der Waals surface area contributed by atoms with Crippen molar-refractivity contribution in [2.75, 3.05) is 0 Å². The van der Waals surface area contributed by atoms with Gasteiger partial charge in [-0.05, 0) is 0 Å². The van der Waals surface area contributed by atoms with Crippen LogP contribution in [-0.4, -0.2) is 11.0 Å². The van der Waals surface area contributed by atoms with Crippen LogP contribution < -0.4 is 0 Å². The zero-order chi connectivity index (χ0) is 10.7. The van der Waals surface area contributed by atoms with Gasteiger partial charge in [0.25, 0.3) is 5.95 Å². The van der Waals surface area contributed by atoms with Crippen molar-refractivity contribution in [2.45, 2.75) is 13.5 Å². The van der Waals surface area contributed by atoms with Gasteiger partial charge in [0.1, 0.15) is 6.61 Å². The highest BCUT2D eigenvalue weighted by Gasteiger charge is 2.13. The van der Waals surface area contributed by atoms with Gasteiger partial charge in [0.2, 0.25) is 5.95 Å². The lowest BCUT2D eigenvalue weighted by Gasteiger charge is -2.03. The molecule has 1 aromatic rings. The highest BCUT2D eigenvalue weighted by Crippen LogP contribution is 2.12. The largest absolute Gasteiger partial charge is 0.461 e. The van der Waals surface area contributed by atoms with Crippen molar-refractivity contribution in [1.82, 2.24) is 4.98 Å². The van der Waals surface area contributed by atoms with Crippen LogP contribution in [-0.2, 0) is 16.1 Å². The summed E-state index contributed by atoms with van der Waals surface area (Å²) in [4.78, 5) is 13.0. The molecule has 0 N–H and O–H groups in total. The summed E-state index contributed by atoms with van der Waals surface area (Å²) >= 11 is 0. The molecule has 0 amide bonds. The summed E-state index contributed by atoms with van der Waals surface area (Å²) in [5, 5.41) is 0. The summed E-state index contributed by atoms with van der Waals surface area (Å²) in [6.07, 6.45) is 0. The van der Waals surface area contributed by atoms with E-state index in [1.54, 1.807) is 0 Å². The van der Waals surface area contributed by atoms with Gasteiger partial charge in [0.15, 0.2) is 5.82 Å². The Morgan fingerprint density at radius 2 is 2.14 bits per heavy atom. The fourth-order valence-corrected chi connectivity index (χ4v) is 0.799. The maximum atomic E-state index is 12.8. The molecular weight excluding hydrogens is 199 g/mol. The molecular formula is C8H6F3NO2. The maximum absolute atomic E-state index is 12.8. The van der Waals surface area contributed by atoms with Gasteiger partial charge >= 0.3 is 5.97 Å². The van der Waals surface area contributed by atoms with Crippen LogP contribution in [0.3, 0.4) is 0 Å². The topological polar surface area (TPSA) is 39.2 Å². The zero-order valence-corrected chi connectivity index (χ0v) is 7.18. The van der Waals surface area contributed by atoms with Gasteiger partial charge in [-0.2, -0.15) is 13.8 Å². The summed E-state index contributed by atoms with van der Waals surface area (Å²) < 4.78 is 42.2. The van der Waals surface area contributed by atoms with Crippen LogP contribution in [0.2, 0.25) is 0 Å². The van der Waals surface area contributed by atoms with Crippen molar-refractivity contribution in [2.24, 2.45) is 0 Å². The van der Waals surface area contributed by atoms with Crippen molar-refractivity contribution < 1.29 is 22.7 Å². The highest BCUT2D eigenvalue weighted by molar-refractivity contribution is 5.65. The summed E-state index contributed by atoms with van der Waals surface area (Å²) in [7, 11) is 0. The van der Waals surface area contributed by atoms with Crippen LogP contribution in [0.1, 0.15) is 12.5 Å². The van der Waals surface area contributed by atoms with Crippen LogP contribution in [0.5, 0.6) is 0 Å². The molecule has 1 heterocycles. The minimum Gasteiger partial charge on any atom is -0.461 e. The lowest BCUT2D eigenvalue weighted by molar-refractivity contribution is -0.142. The minimum absolute atomic E-state index is 0.384. The van der Waals surface area contributed by atoms with E-state index in [0.717, 1.165) is 6.92 Å². The first-order chi connectivity index (χ1) is 6.50. The van der Waals surface area contributed by atoms with E-state index in [-0.39, 0.29) is 5.56 Å². The molecule has 76 valence electrons. The summed E-state index contributed by atoms with van der Waals surface area (Å²) in [6, 6.07) is 0.668. The maximum Gasteiger partial charge on any atom is 0.302 e. The number of carbonyl (C=O) groups excluding carboxylic acids is 1. The van der Waals surface area contributed by atoms with Crippen molar-refractivity contribution in [3.63, 3.8) is 0 Å². The lowest BCUT2D eigenvalue weighted by atomic mass is 10.2. The van der Waals surface area contributed by atoms with E-state index in [9.17, 15) is 18.0 Å². The first-order valence-corrected chi connectivity index (χ1v) is 3.64. The minimum atomic E-state index is -1.55. The molecule has 14 heavy (non-hydrogen) atoms. The quantitative estimate of drug-likeness (QED) is 0.543. The number of rotatable bonds is 2. The van der Waals surface area contributed by atoms with Crippen LogP contribution in [0.15, 0.2) is 6.07 Å². The molecule has 0 fully saturated rings. The Hall–Kier alpha value is -1.59. The average molecular weight is 205 g/mol. The van der Waals surface area contributed by atoms with E-state index in [4.69, 9.17) is 0 Å². The first-order valence-electron chi connectivity index (χ1n) is 3.64. The van der Waals surface area contributed by atoms with Crippen LogP contribution in [0, 0.1) is 17.7 Å². The fraction of sp³-hybridized carbons (Fsp3) is 0.250. The molecule has 3 nitrogen and oxygen atoms in total. The Kier molecular flexibility index (Phi) is 3.06.